The summed E-state index contributed by atoms with van der Waals surface area (Å²) in [6, 6.07) is 0. The van der Waals surface area contributed by atoms with Crippen molar-refractivity contribution in [3.8, 4) is 0 Å². The van der Waals surface area contributed by atoms with Crippen LogP contribution in [0.2, 0.25) is 0 Å². The molecule has 0 aliphatic heterocycles. The molecule has 0 aromatic rings. The van der Waals surface area contributed by atoms with Gasteiger partial charge < -0.3 is 24.8 Å². The van der Waals surface area contributed by atoms with E-state index in [1.54, 1.807) is 4.90 Å². The standard InChI is InChI=1S/C24H47NO7/c1-3-5-7-9-11-13-23(29)31-19-21(27)17-25(15-16-26)18-22(28)20-32-24(30)14-12-10-8-6-4-2/h21-22,26-28H,3-20H2,1-2H3. The third-order valence-electron chi connectivity index (χ3n) is 5.20. The number of esters is 2. The molecule has 190 valence electrons. The zero-order valence-corrected chi connectivity index (χ0v) is 20.3. The van der Waals surface area contributed by atoms with Gasteiger partial charge in [-0.25, -0.2) is 0 Å². The van der Waals surface area contributed by atoms with E-state index in [0.29, 0.717) is 12.8 Å². The maximum absolute atomic E-state index is 11.8. The molecule has 0 fully saturated rings. The fraction of sp³-hybridized carbons (Fsp3) is 0.917. The summed E-state index contributed by atoms with van der Waals surface area (Å²) in [7, 11) is 0. The first-order chi connectivity index (χ1) is 15.4. The van der Waals surface area contributed by atoms with Crippen LogP contribution in [-0.4, -0.2) is 83.8 Å². The van der Waals surface area contributed by atoms with E-state index in [-0.39, 0.29) is 51.4 Å². The lowest BCUT2D eigenvalue weighted by Gasteiger charge is -2.26. The van der Waals surface area contributed by atoms with Gasteiger partial charge in [-0.3, -0.25) is 14.5 Å². The largest absolute Gasteiger partial charge is 0.463 e. The Balaban J connectivity index is 4.06. The average Bonchev–Trinajstić information content (AvgIpc) is 2.76. The van der Waals surface area contributed by atoms with Crippen LogP contribution in [0.5, 0.6) is 0 Å². The molecule has 2 unspecified atom stereocenters. The second kappa shape index (κ2) is 21.6. The monoisotopic (exact) mass is 461 g/mol. The highest BCUT2D eigenvalue weighted by atomic mass is 16.5. The molecule has 0 aromatic carbocycles. The van der Waals surface area contributed by atoms with Gasteiger partial charge in [0, 0.05) is 32.5 Å². The van der Waals surface area contributed by atoms with E-state index in [1.807, 2.05) is 0 Å². The molecular formula is C24H47NO7. The molecule has 0 spiro atoms. The van der Waals surface area contributed by atoms with Gasteiger partial charge in [-0.05, 0) is 12.8 Å². The Kier molecular flexibility index (Phi) is 20.8. The maximum atomic E-state index is 11.8. The molecule has 32 heavy (non-hydrogen) atoms. The molecule has 0 radical (unpaired) electrons. The summed E-state index contributed by atoms with van der Waals surface area (Å²) in [5.41, 5.74) is 0. The number of ether oxygens (including phenoxy) is 2. The number of nitrogens with zero attached hydrogens (tertiary/aromatic N) is 1. The maximum Gasteiger partial charge on any atom is 0.305 e. The van der Waals surface area contributed by atoms with Crippen molar-refractivity contribution in [1.82, 2.24) is 4.90 Å². The third kappa shape index (κ3) is 19.5. The van der Waals surface area contributed by atoms with Crippen LogP contribution in [-0.2, 0) is 19.1 Å². The summed E-state index contributed by atoms with van der Waals surface area (Å²) in [5, 5.41) is 29.6. The molecule has 8 heteroatoms. The highest BCUT2D eigenvalue weighted by molar-refractivity contribution is 5.69. The minimum atomic E-state index is -0.927. The van der Waals surface area contributed by atoms with Gasteiger partial charge in [0.1, 0.15) is 25.4 Å². The first-order valence-corrected chi connectivity index (χ1v) is 12.4. The summed E-state index contributed by atoms with van der Waals surface area (Å²) in [5.74, 6) is -0.646. The molecule has 3 N–H and O–H groups in total. The minimum Gasteiger partial charge on any atom is -0.463 e. The van der Waals surface area contributed by atoms with Crippen molar-refractivity contribution in [3.05, 3.63) is 0 Å². The van der Waals surface area contributed by atoms with Crippen LogP contribution in [0.4, 0.5) is 0 Å². The van der Waals surface area contributed by atoms with Gasteiger partial charge in [0.25, 0.3) is 0 Å². The molecule has 8 nitrogen and oxygen atoms in total. The van der Waals surface area contributed by atoms with E-state index in [1.165, 1.54) is 12.8 Å². The molecule has 0 aliphatic rings. The molecule has 0 bridgehead atoms. The van der Waals surface area contributed by atoms with Gasteiger partial charge in [-0.2, -0.15) is 0 Å². The number of aliphatic hydroxyl groups excluding tert-OH is 3. The van der Waals surface area contributed by atoms with Crippen molar-refractivity contribution in [1.29, 1.82) is 0 Å². The van der Waals surface area contributed by atoms with Crippen LogP contribution in [0.1, 0.15) is 90.9 Å². The highest BCUT2D eigenvalue weighted by Crippen LogP contribution is 2.07. The molecule has 0 aliphatic carbocycles. The van der Waals surface area contributed by atoms with Crippen molar-refractivity contribution < 1.29 is 34.4 Å². The molecule has 2 atom stereocenters. The smallest absolute Gasteiger partial charge is 0.305 e. The fourth-order valence-electron chi connectivity index (χ4n) is 3.37. The quantitative estimate of drug-likeness (QED) is 0.166. The van der Waals surface area contributed by atoms with Crippen LogP contribution in [0.3, 0.4) is 0 Å². The molecule has 0 saturated carbocycles. The Morgan fingerprint density at radius 2 is 1.12 bits per heavy atom. The predicted molar refractivity (Wildman–Crippen MR) is 124 cm³/mol. The fourth-order valence-corrected chi connectivity index (χ4v) is 3.37. The Bertz CT molecular complexity index is 424. The minimum absolute atomic E-state index is 0.126. The molecule has 0 rings (SSSR count). The van der Waals surface area contributed by atoms with E-state index < -0.39 is 12.2 Å². The van der Waals surface area contributed by atoms with Crippen LogP contribution in [0.25, 0.3) is 0 Å². The second-order valence-corrected chi connectivity index (χ2v) is 8.49. The summed E-state index contributed by atoms with van der Waals surface area (Å²) in [4.78, 5) is 25.2. The van der Waals surface area contributed by atoms with Crippen molar-refractivity contribution in [2.45, 2.75) is 103 Å². The van der Waals surface area contributed by atoms with Gasteiger partial charge in [0.15, 0.2) is 0 Å². The van der Waals surface area contributed by atoms with Crippen LogP contribution in [0, 0.1) is 0 Å². The third-order valence-corrected chi connectivity index (χ3v) is 5.20. The van der Waals surface area contributed by atoms with E-state index in [4.69, 9.17) is 9.47 Å². The van der Waals surface area contributed by atoms with E-state index >= 15 is 0 Å². The van der Waals surface area contributed by atoms with Crippen molar-refractivity contribution in [3.63, 3.8) is 0 Å². The summed E-state index contributed by atoms with van der Waals surface area (Å²) in [6.45, 7) is 4.38. The van der Waals surface area contributed by atoms with Crippen molar-refractivity contribution in [2.75, 3.05) is 39.5 Å². The first-order valence-electron chi connectivity index (χ1n) is 12.4. The van der Waals surface area contributed by atoms with Crippen LogP contribution >= 0.6 is 0 Å². The van der Waals surface area contributed by atoms with E-state index in [2.05, 4.69) is 13.8 Å². The Labute approximate surface area is 194 Å². The average molecular weight is 462 g/mol. The number of rotatable bonds is 22. The normalized spacial score (nSPS) is 13.2. The highest BCUT2D eigenvalue weighted by Gasteiger charge is 2.18. The molecule has 0 aromatic heterocycles. The van der Waals surface area contributed by atoms with Gasteiger partial charge >= 0.3 is 11.9 Å². The predicted octanol–water partition coefficient (Wildman–Crippen LogP) is 2.81. The van der Waals surface area contributed by atoms with Gasteiger partial charge in [0.2, 0.25) is 0 Å². The second-order valence-electron chi connectivity index (χ2n) is 8.49. The molecule has 0 heterocycles. The number of unbranched alkanes of at least 4 members (excludes halogenated alkanes) is 8. The number of hydrogen-bond donors (Lipinski definition) is 3. The summed E-state index contributed by atoms with van der Waals surface area (Å²) < 4.78 is 10.3. The topological polar surface area (TPSA) is 117 Å². The number of carbonyl (C=O) groups excluding carboxylic acids is 2. The zero-order valence-electron chi connectivity index (χ0n) is 20.3. The van der Waals surface area contributed by atoms with Gasteiger partial charge in [0.05, 0.1) is 6.61 Å². The Hall–Kier alpha value is -1.22. The van der Waals surface area contributed by atoms with Crippen molar-refractivity contribution >= 4 is 11.9 Å². The molecule has 0 amide bonds. The number of carbonyl (C=O) groups is 2. The van der Waals surface area contributed by atoms with Crippen LogP contribution < -0.4 is 0 Å². The summed E-state index contributed by atoms with van der Waals surface area (Å²) >= 11 is 0. The molecular weight excluding hydrogens is 414 g/mol. The van der Waals surface area contributed by atoms with E-state index in [0.717, 1.165) is 51.4 Å². The molecule has 0 saturated heterocycles. The lowest BCUT2D eigenvalue weighted by atomic mass is 10.1. The SMILES string of the molecule is CCCCCCCC(=O)OCC(O)CN(CCO)CC(O)COC(=O)CCCCCCC. The van der Waals surface area contributed by atoms with Gasteiger partial charge in [-0.15, -0.1) is 0 Å². The Morgan fingerprint density at radius 3 is 1.50 bits per heavy atom. The first kappa shape index (κ1) is 30.8. The van der Waals surface area contributed by atoms with Gasteiger partial charge in [-0.1, -0.05) is 65.2 Å². The number of aliphatic hydroxyl groups is 3. The lowest BCUT2D eigenvalue weighted by molar-refractivity contribution is -0.147. The van der Waals surface area contributed by atoms with E-state index in [9.17, 15) is 24.9 Å². The lowest BCUT2D eigenvalue weighted by Crippen LogP contribution is -2.42. The van der Waals surface area contributed by atoms with Crippen molar-refractivity contribution in [2.24, 2.45) is 0 Å². The summed E-state index contributed by atoms with van der Waals surface area (Å²) in [6.07, 6.45) is 9.26. The Morgan fingerprint density at radius 1 is 0.719 bits per heavy atom. The zero-order chi connectivity index (χ0) is 24.0. The van der Waals surface area contributed by atoms with Crippen LogP contribution in [0.15, 0.2) is 0 Å². The number of hydrogen-bond acceptors (Lipinski definition) is 8.